The van der Waals surface area contributed by atoms with Gasteiger partial charge >= 0.3 is 0 Å². The van der Waals surface area contributed by atoms with Crippen LogP contribution in [0.2, 0.25) is 0 Å². The molecule has 0 spiro atoms. The van der Waals surface area contributed by atoms with Gasteiger partial charge in [0.2, 0.25) is 0 Å². The molecule has 0 aromatic heterocycles. The van der Waals surface area contributed by atoms with Crippen LogP contribution in [0.15, 0.2) is 40.9 Å². The number of nitro groups is 1. The summed E-state index contributed by atoms with van der Waals surface area (Å²) in [6.45, 7) is 1.97. The Bertz CT molecular complexity index is 644. The van der Waals surface area contributed by atoms with Gasteiger partial charge in [-0.05, 0) is 42.8 Å². The minimum absolute atomic E-state index is 0.0851. The van der Waals surface area contributed by atoms with Gasteiger partial charge in [-0.3, -0.25) is 10.1 Å². The van der Waals surface area contributed by atoms with E-state index in [9.17, 15) is 10.1 Å². The Kier molecular flexibility index (Phi) is 3.71. The molecule has 2 aromatic rings. The van der Waals surface area contributed by atoms with E-state index < -0.39 is 4.92 Å². The second kappa shape index (κ2) is 5.27. The fourth-order valence-electron chi connectivity index (χ4n) is 1.72. The van der Waals surface area contributed by atoms with E-state index in [4.69, 9.17) is 5.73 Å². The van der Waals surface area contributed by atoms with E-state index in [1.807, 2.05) is 25.1 Å². The summed E-state index contributed by atoms with van der Waals surface area (Å²) in [5.41, 5.74) is 8.41. The summed E-state index contributed by atoms with van der Waals surface area (Å²) in [4.78, 5) is 10.2. The van der Waals surface area contributed by atoms with Crippen LogP contribution in [-0.4, -0.2) is 4.92 Å². The van der Waals surface area contributed by atoms with Crippen molar-refractivity contribution in [1.29, 1.82) is 0 Å². The topological polar surface area (TPSA) is 81.2 Å². The molecule has 0 fully saturated rings. The largest absolute Gasteiger partial charge is 0.393 e. The summed E-state index contributed by atoms with van der Waals surface area (Å²) in [6, 6.07) is 10.4. The van der Waals surface area contributed by atoms with Crippen molar-refractivity contribution in [2.75, 3.05) is 11.1 Å². The molecule has 0 saturated heterocycles. The maximum absolute atomic E-state index is 10.7. The summed E-state index contributed by atoms with van der Waals surface area (Å²) in [7, 11) is 0. The quantitative estimate of drug-likeness (QED) is 0.508. The van der Waals surface area contributed by atoms with Gasteiger partial charge in [0.15, 0.2) is 0 Å². The van der Waals surface area contributed by atoms with Gasteiger partial charge < -0.3 is 11.1 Å². The Morgan fingerprint density at radius 2 is 2.00 bits per heavy atom. The minimum atomic E-state index is -0.496. The average Bonchev–Trinajstić information content (AvgIpc) is 2.32. The van der Waals surface area contributed by atoms with Crippen LogP contribution in [0.1, 0.15) is 5.56 Å². The van der Waals surface area contributed by atoms with Gasteiger partial charge in [0.25, 0.3) is 5.69 Å². The number of nitrogens with zero attached hydrogens (tertiary/aromatic N) is 1. The van der Waals surface area contributed by atoms with Crippen LogP contribution in [0.4, 0.5) is 22.7 Å². The first-order valence-corrected chi connectivity index (χ1v) is 6.34. The van der Waals surface area contributed by atoms with E-state index in [1.165, 1.54) is 6.07 Å². The highest BCUT2D eigenvalue weighted by Gasteiger charge is 2.11. The van der Waals surface area contributed by atoms with Gasteiger partial charge in [0.05, 0.1) is 4.92 Å². The number of nitrogens with two attached hydrogens (primary N) is 1. The summed E-state index contributed by atoms with van der Waals surface area (Å²) in [5.74, 6) is 0. The Balaban J connectivity index is 2.29. The fourth-order valence-corrected chi connectivity index (χ4v) is 2.20. The monoisotopic (exact) mass is 321 g/mol. The van der Waals surface area contributed by atoms with Crippen molar-refractivity contribution in [2.45, 2.75) is 6.92 Å². The normalized spacial score (nSPS) is 10.2. The van der Waals surface area contributed by atoms with E-state index in [1.54, 1.807) is 12.1 Å². The van der Waals surface area contributed by atoms with Crippen molar-refractivity contribution in [3.63, 3.8) is 0 Å². The van der Waals surface area contributed by atoms with Crippen LogP contribution in [0, 0.1) is 17.0 Å². The van der Waals surface area contributed by atoms with Crippen molar-refractivity contribution in [2.24, 2.45) is 0 Å². The van der Waals surface area contributed by atoms with Crippen LogP contribution < -0.4 is 11.1 Å². The molecule has 98 valence electrons. The number of benzene rings is 2. The Morgan fingerprint density at radius 3 is 2.58 bits per heavy atom. The molecule has 19 heavy (non-hydrogen) atoms. The van der Waals surface area contributed by atoms with Crippen LogP contribution in [-0.2, 0) is 0 Å². The highest BCUT2D eigenvalue weighted by molar-refractivity contribution is 9.10. The molecule has 0 bridgehead atoms. The maximum Gasteiger partial charge on any atom is 0.292 e. The Morgan fingerprint density at radius 1 is 1.26 bits per heavy atom. The maximum atomic E-state index is 10.7. The second-order valence-electron chi connectivity index (χ2n) is 4.11. The van der Waals surface area contributed by atoms with Gasteiger partial charge in [-0.2, -0.15) is 0 Å². The number of hydrogen-bond acceptors (Lipinski definition) is 4. The predicted octanol–water partition coefficient (Wildman–Crippen LogP) is 3.99. The standard InChI is InChI=1S/C13H12BrN3O2/c1-8-6-9(14)2-4-12(8)16-10-3-5-13(17(18)19)11(15)7-10/h2-7,16H,15H2,1H3. The number of halogens is 1. The zero-order valence-corrected chi connectivity index (χ0v) is 11.8. The lowest BCUT2D eigenvalue weighted by molar-refractivity contribution is -0.383. The summed E-state index contributed by atoms with van der Waals surface area (Å²) < 4.78 is 0.999. The van der Waals surface area contributed by atoms with Crippen molar-refractivity contribution in [3.8, 4) is 0 Å². The molecular formula is C13H12BrN3O2. The van der Waals surface area contributed by atoms with Gasteiger partial charge in [0, 0.05) is 21.9 Å². The van der Waals surface area contributed by atoms with Crippen LogP contribution in [0.5, 0.6) is 0 Å². The van der Waals surface area contributed by atoms with Crippen LogP contribution in [0.25, 0.3) is 0 Å². The molecule has 0 atom stereocenters. The van der Waals surface area contributed by atoms with Gasteiger partial charge in [-0.25, -0.2) is 0 Å². The van der Waals surface area contributed by atoms with Crippen molar-refractivity contribution in [3.05, 3.63) is 56.5 Å². The Hall–Kier alpha value is -2.08. The van der Waals surface area contributed by atoms with Gasteiger partial charge in [-0.15, -0.1) is 0 Å². The third kappa shape index (κ3) is 3.03. The lowest BCUT2D eigenvalue weighted by Gasteiger charge is -2.10. The highest BCUT2D eigenvalue weighted by atomic mass is 79.9. The molecule has 5 nitrogen and oxygen atoms in total. The third-order valence-corrected chi connectivity index (χ3v) is 3.18. The molecule has 0 amide bonds. The first-order valence-electron chi connectivity index (χ1n) is 5.54. The van der Waals surface area contributed by atoms with E-state index in [0.29, 0.717) is 5.69 Å². The van der Waals surface area contributed by atoms with E-state index >= 15 is 0 Å². The number of nitro benzene ring substituents is 1. The van der Waals surface area contributed by atoms with Gasteiger partial charge in [-0.1, -0.05) is 15.9 Å². The smallest absolute Gasteiger partial charge is 0.292 e. The highest BCUT2D eigenvalue weighted by Crippen LogP contribution is 2.28. The number of anilines is 3. The molecular weight excluding hydrogens is 310 g/mol. The van der Waals surface area contributed by atoms with E-state index in [0.717, 1.165) is 15.7 Å². The average molecular weight is 322 g/mol. The molecule has 0 unspecified atom stereocenters. The molecule has 3 N–H and O–H groups in total. The lowest BCUT2D eigenvalue weighted by atomic mass is 10.2. The number of rotatable bonds is 3. The molecule has 0 saturated carbocycles. The third-order valence-electron chi connectivity index (χ3n) is 2.69. The SMILES string of the molecule is Cc1cc(Br)ccc1Nc1ccc([N+](=O)[O-])c(N)c1. The minimum Gasteiger partial charge on any atom is -0.393 e. The Labute approximate surface area is 118 Å². The van der Waals surface area contributed by atoms with Crippen molar-refractivity contribution in [1.82, 2.24) is 0 Å². The molecule has 6 heteroatoms. The number of nitrogens with one attached hydrogen (secondary N) is 1. The van der Waals surface area contributed by atoms with Gasteiger partial charge in [0.1, 0.15) is 5.69 Å². The number of aryl methyl sites for hydroxylation is 1. The molecule has 2 aromatic carbocycles. The second-order valence-corrected chi connectivity index (χ2v) is 5.03. The zero-order chi connectivity index (χ0) is 14.0. The summed E-state index contributed by atoms with van der Waals surface area (Å²) in [6.07, 6.45) is 0. The first kappa shape index (κ1) is 13.4. The van der Waals surface area contributed by atoms with Crippen molar-refractivity contribution >= 4 is 38.7 Å². The van der Waals surface area contributed by atoms with Crippen LogP contribution in [0.3, 0.4) is 0 Å². The predicted molar refractivity (Wildman–Crippen MR) is 79.7 cm³/mol. The lowest BCUT2D eigenvalue weighted by Crippen LogP contribution is -1.98. The van der Waals surface area contributed by atoms with Crippen LogP contribution >= 0.6 is 15.9 Å². The molecule has 2 rings (SSSR count). The molecule has 0 heterocycles. The zero-order valence-electron chi connectivity index (χ0n) is 10.2. The summed E-state index contributed by atoms with van der Waals surface area (Å²) >= 11 is 3.40. The van der Waals surface area contributed by atoms with E-state index in [2.05, 4.69) is 21.2 Å². The molecule has 0 aliphatic rings. The number of nitrogen functional groups attached to an aromatic ring is 1. The number of hydrogen-bond donors (Lipinski definition) is 2. The molecule has 0 aliphatic heterocycles. The molecule has 0 aliphatic carbocycles. The summed E-state index contributed by atoms with van der Waals surface area (Å²) in [5, 5.41) is 13.9. The molecule has 0 radical (unpaired) electrons. The first-order chi connectivity index (χ1) is 8.97. The van der Waals surface area contributed by atoms with E-state index in [-0.39, 0.29) is 11.4 Å². The van der Waals surface area contributed by atoms with Crippen molar-refractivity contribution < 1.29 is 4.92 Å². The fraction of sp³-hybridized carbons (Fsp3) is 0.0769.